The minimum atomic E-state index is -4.58. The summed E-state index contributed by atoms with van der Waals surface area (Å²) in [5, 5.41) is 18.1. The molecular formula is C46H91O10P. The number of aliphatic hydroxyl groups excluding tert-OH is 2. The minimum Gasteiger partial charge on any atom is -0.462 e. The molecule has 0 heterocycles. The lowest BCUT2D eigenvalue weighted by molar-refractivity contribution is -0.161. The molecular weight excluding hydrogens is 743 g/mol. The van der Waals surface area contributed by atoms with Crippen LogP contribution >= 0.6 is 7.82 Å². The largest absolute Gasteiger partial charge is 0.472 e. The molecule has 57 heavy (non-hydrogen) atoms. The van der Waals surface area contributed by atoms with Crippen molar-refractivity contribution in [2.75, 3.05) is 26.4 Å². The van der Waals surface area contributed by atoms with Crippen LogP contribution in [0.4, 0.5) is 0 Å². The van der Waals surface area contributed by atoms with Crippen LogP contribution in [0.15, 0.2) is 0 Å². The van der Waals surface area contributed by atoms with Gasteiger partial charge in [-0.2, -0.15) is 0 Å². The Labute approximate surface area is 350 Å². The van der Waals surface area contributed by atoms with E-state index >= 15 is 0 Å². The van der Waals surface area contributed by atoms with Gasteiger partial charge in [0, 0.05) is 12.8 Å². The number of phosphoric ester groups is 1. The zero-order valence-corrected chi connectivity index (χ0v) is 38.0. The summed E-state index contributed by atoms with van der Waals surface area (Å²) in [5.74, 6) is -0.972. The number of hydrogen-bond donors (Lipinski definition) is 3. The van der Waals surface area contributed by atoms with E-state index in [2.05, 4.69) is 11.4 Å². The van der Waals surface area contributed by atoms with Crippen LogP contribution in [0.1, 0.15) is 245 Å². The van der Waals surface area contributed by atoms with E-state index in [1.165, 1.54) is 193 Å². The van der Waals surface area contributed by atoms with Gasteiger partial charge in [0.2, 0.25) is 0 Å². The number of carbonyl (C=O) groups is 2. The molecule has 11 heteroatoms. The third-order valence-corrected chi connectivity index (χ3v) is 11.7. The van der Waals surface area contributed by atoms with Gasteiger partial charge in [-0.25, -0.2) is 4.57 Å². The summed E-state index contributed by atoms with van der Waals surface area (Å²) >= 11 is 0. The molecule has 0 fully saturated rings. The lowest BCUT2D eigenvalue weighted by Crippen LogP contribution is -2.29. The van der Waals surface area contributed by atoms with E-state index in [4.69, 9.17) is 19.1 Å². The predicted molar refractivity (Wildman–Crippen MR) is 233 cm³/mol. The molecule has 3 N–H and O–H groups in total. The van der Waals surface area contributed by atoms with Gasteiger partial charge in [-0.1, -0.05) is 219 Å². The maximum atomic E-state index is 12.3. The van der Waals surface area contributed by atoms with Crippen molar-refractivity contribution in [3.8, 4) is 0 Å². The molecule has 0 saturated carbocycles. The van der Waals surface area contributed by atoms with Crippen molar-refractivity contribution < 1.29 is 47.8 Å². The van der Waals surface area contributed by atoms with Crippen LogP contribution in [0.5, 0.6) is 0 Å². The number of esters is 2. The Hall–Kier alpha value is -1.03. The first-order valence-electron chi connectivity index (χ1n) is 24.0. The Kier molecular flexibility index (Phi) is 42.3. The molecule has 0 rings (SSSR count). The number of ether oxygens (including phenoxy) is 2. The fourth-order valence-electron chi connectivity index (χ4n) is 7.09. The van der Waals surface area contributed by atoms with Gasteiger partial charge in [-0.15, -0.1) is 0 Å². The van der Waals surface area contributed by atoms with Gasteiger partial charge < -0.3 is 24.6 Å². The van der Waals surface area contributed by atoms with Crippen molar-refractivity contribution in [1.82, 2.24) is 0 Å². The zero-order chi connectivity index (χ0) is 41.9. The van der Waals surface area contributed by atoms with Crippen LogP contribution in [0.3, 0.4) is 0 Å². The quantitative estimate of drug-likeness (QED) is 0.0307. The number of aliphatic hydroxyl groups is 2. The first-order valence-corrected chi connectivity index (χ1v) is 25.5. The maximum Gasteiger partial charge on any atom is 0.472 e. The predicted octanol–water partition coefficient (Wildman–Crippen LogP) is 13.0. The van der Waals surface area contributed by atoms with Crippen LogP contribution in [0.25, 0.3) is 0 Å². The van der Waals surface area contributed by atoms with Gasteiger partial charge in [0.05, 0.1) is 19.8 Å². The fourth-order valence-corrected chi connectivity index (χ4v) is 7.88. The number of hydrogen-bond acceptors (Lipinski definition) is 9. The number of rotatable bonds is 46. The highest BCUT2D eigenvalue weighted by Crippen LogP contribution is 2.43. The summed E-state index contributed by atoms with van der Waals surface area (Å²) in [5.41, 5.74) is 0. The highest BCUT2D eigenvalue weighted by molar-refractivity contribution is 7.47. The third kappa shape index (κ3) is 42.9. The summed E-state index contributed by atoms with van der Waals surface area (Å²) in [4.78, 5) is 34.0. The second-order valence-electron chi connectivity index (χ2n) is 16.5. The third-order valence-electron chi connectivity index (χ3n) is 10.7. The van der Waals surface area contributed by atoms with Crippen molar-refractivity contribution in [3.63, 3.8) is 0 Å². The molecule has 0 aliphatic heterocycles. The Morgan fingerprint density at radius 3 is 1.12 bits per heavy atom. The molecule has 1 unspecified atom stereocenters. The average molecular weight is 835 g/mol. The van der Waals surface area contributed by atoms with Crippen molar-refractivity contribution in [2.24, 2.45) is 0 Å². The van der Waals surface area contributed by atoms with Crippen molar-refractivity contribution in [3.05, 3.63) is 0 Å². The molecule has 0 saturated heterocycles. The molecule has 0 amide bonds. The summed E-state index contributed by atoms with van der Waals surface area (Å²) in [6.07, 6.45) is 43.3. The highest BCUT2D eigenvalue weighted by Gasteiger charge is 2.27. The van der Waals surface area contributed by atoms with Crippen LogP contribution in [0.2, 0.25) is 0 Å². The van der Waals surface area contributed by atoms with Crippen LogP contribution in [0, 0.1) is 0 Å². The van der Waals surface area contributed by atoms with E-state index in [1.54, 1.807) is 6.92 Å². The van der Waals surface area contributed by atoms with Crippen LogP contribution in [-0.4, -0.2) is 65.7 Å². The second kappa shape index (κ2) is 43.1. The van der Waals surface area contributed by atoms with E-state index in [0.717, 1.165) is 12.8 Å². The number of unbranched alkanes of at least 4 members (excludes halogenated alkanes) is 32. The van der Waals surface area contributed by atoms with E-state index < -0.39 is 51.8 Å². The van der Waals surface area contributed by atoms with Crippen LogP contribution < -0.4 is 0 Å². The van der Waals surface area contributed by atoms with Gasteiger partial charge >= 0.3 is 19.8 Å². The first kappa shape index (κ1) is 56.0. The Morgan fingerprint density at radius 2 is 0.789 bits per heavy atom. The lowest BCUT2D eigenvalue weighted by Gasteiger charge is -2.20. The SMILES string of the molecule is CCCCCCCCCCCCCCCCCCCCCCCCCCCCCCCCCCCC(=O)OC[C@H](COP(=O)(O)OC[C@@H](O)CO)OC(=O)CCC. The standard InChI is InChI=1S/C46H91O10P/c1-3-5-6-7-8-9-10-11-12-13-14-15-16-17-18-19-20-21-22-23-24-25-26-27-28-29-30-31-32-33-34-35-36-38-45(49)53-41-44(56-46(50)37-4-2)42-55-57(51,52)54-40-43(48)39-47/h43-44,47-48H,3-42H2,1-2H3,(H,51,52)/t43-,44+/m0/s1. The summed E-state index contributed by atoms with van der Waals surface area (Å²) in [6, 6.07) is 0. The van der Waals surface area contributed by atoms with Gasteiger partial charge in [-0.3, -0.25) is 18.6 Å². The van der Waals surface area contributed by atoms with Crippen molar-refractivity contribution in [2.45, 2.75) is 257 Å². The van der Waals surface area contributed by atoms with Crippen molar-refractivity contribution in [1.29, 1.82) is 0 Å². The van der Waals surface area contributed by atoms with E-state index in [0.29, 0.717) is 12.8 Å². The highest BCUT2D eigenvalue weighted by atomic mass is 31.2. The minimum absolute atomic E-state index is 0.139. The van der Waals surface area contributed by atoms with E-state index in [1.807, 2.05) is 0 Å². The molecule has 10 nitrogen and oxygen atoms in total. The Morgan fingerprint density at radius 1 is 0.456 bits per heavy atom. The molecule has 0 radical (unpaired) electrons. The molecule has 0 aromatic rings. The van der Waals surface area contributed by atoms with Crippen molar-refractivity contribution >= 4 is 19.8 Å². The van der Waals surface area contributed by atoms with Gasteiger partial charge in [0.1, 0.15) is 12.7 Å². The first-order chi connectivity index (χ1) is 27.7. The topological polar surface area (TPSA) is 149 Å². The van der Waals surface area contributed by atoms with Gasteiger partial charge in [0.15, 0.2) is 6.10 Å². The smallest absolute Gasteiger partial charge is 0.462 e. The number of carbonyl (C=O) groups excluding carboxylic acids is 2. The molecule has 0 aliphatic rings. The molecule has 0 aromatic carbocycles. The summed E-state index contributed by atoms with van der Waals surface area (Å²) in [6.45, 7) is 1.99. The molecule has 0 aliphatic carbocycles. The lowest BCUT2D eigenvalue weighted by atomic mass is 10.0. The zero-order valence-electron chi connectivity index (χ0n) is 37.1. The molecule has 0 spiro atoms. The van der Waals surface area contributed by atoms with Crippen LogP contribution in [-0.2, 0) is 32.7 Å². The molecule has 340 valence electrons. The Balaban J connectivity index is 3.54. The number of phosphoric acid groups is 1. The molecule has 3 atom stereocenters. The molecule has 0 aromatic heterocycles. The fraction of sp³-hybridized carbons (Fsp3) is 0.957. The van der Waals surface area contributed by atoms with E-state index in [-0.39, 0.29) is 19.4 Å². The van der Waals surface area contributed by atoms with Gasteiger partial charge in [0.25, 0.3) is 0 Å². The van der Waals surface area contributed by atoms with E-state index in [9.17, 15) is 24.2 Å². The summed E-state index contributed by atoms with van der Waals surface area (Å²) < 4.78 is 32.0. The Bertz CT molecular complexity index is 920. The van der Waals surface area contributed by atoms with Gasteiger partial charge in [-0.05, 0) is 12.8 Å². The molecule has 0 bridgehead atoms. The average Bonchev–Trinajstić information content (AvgIpc) is 3.19. The normalized spacial score (nSPS) is 13.7. The second-order valence-corrected chi connectivity index (χ2v) is 18.0. The monoisotopic (exact) mass is 835 g/mol. The maximum absolute atomic E-state index is 12.3. The summed E-state index contributed by atoms with van der Waals surface area (Å²) in [7, 11) is -4.58.